The second-order valence-electron chi connectivity index (χ2n) is 3.68. The Kier molecular flexibility index (Phi) is 8.43. The smallest absolute Gasteiger partial charge is 0.263 e. The van der Waals surface area contributed by atoms with Gasteiger partial charge in [-0.2, -0.15) is 5.10 Å². The second kappa shape index (κ2) is 8.94. The molecule has 2 rings (SSSR count). The summed E-state index contributed by atoms with van der Waals surface area (Å²) in [4.78, 5) is 0. The van der Waals surface area contributed by atoms with Crippen LogP contribution in [0, 0.1) is 0 Å². The molecule has 0 aliphatic carbocycles. The van der Waals surface area contributed by atoms with Gasteiger partial charge >= 0.3 is 0 Å². The fraction of sp³-hybridized carbons (Fsp3) is 0.182. The molecule has 3 N–H and O–H groups in total. The summed E-state index contributed by atoms with van der Waals surface area (Å²) in [7, 11) is 0. The highest BCUT2D eigenvalue weighted by Gasteiger charge is 2.06. The van der Waals surface area contributed by atoms with E-state index in [9.17, 15) is 0 Å². The molecule has 0 spiro atoms. The third kappa shape index (κ3) is 4.64. The van der Waals surface area contributed by atoms with Gasteiger partial charge in [-0.25, -0.2) is 10.1 Å². The molecular formula is C11H14Cl4N6. The number of rotatable bonds is 4. The molecule has 0 fully saturated rings. The van der Waals surface area contributed by atoms with Crippen LogP contribution in [0.3, 0.4) is 0 Å². The van der Waals surface area contributed by atoms with Gasteiger partial charge in [0.1, 0.15) is 0 Å². The van der Waals surface area contributed by atoms with Gasteiger partial charge in [0.15, 0.2) is 5.82 Å². The number of hydrogen-bond donors (Lipinski definition) is 2. The fourth-order valence-electron chi connectivity index (χ4n) is 1.42. The third-order valence-electron chi connectivity index (χ3n) is 2.43. The van der Waals surface area contributed by atoms with Crippen LogP contribution in [0.4, 0.5) is 5.95 Å². The molecule has 0 atom stereocenters. The molecule has 21 heavy (non-hydrogen) atoms. The van der Waals surface area contributed by atoms with Crippen LogP contribution in [-0.4, -0.2) is 21.1 Å². The maximum absolute atomic E-state index is 6.02. The summed E-state index contributed by atoms with van der Waals surface area (Å²) < 4.78 is 1.34. The number of hydrazone groups is 1. The van der Waals surface area contributed by atoms with E-state index < -0.39 is 0 Å². The van der Waals surface area contributed by atoms with Crippen LogP contribution >= 0.6 is 48.0 Å². The molecule has 0 aliphatic heterocycles. The molecule has 116 valence electrons. The van der Waals surface area contributed by atoms with Gasteiger partial charge in [0.2, 0.25) is 0 Å². The Balaban J connectivity index is 0.00000200. The van der Waals surface area contributed by atoms with Crippen molar-refractivity contribution in [1.29, 1.82) is 0 Å². The van der Waals surface area contributed by atoms with Crippen LogP contribution in [0.5, 0.6) is 0 Å². The highest BCUT2D eigenvalue weighted by atomic mass is 35.5. The molecular weight excluding hydrogens is 358 g/mol. The van der Waals surface area contributed by atoms with Gasteiger partial charge in [0.05, 0.1) is 16.3 Å². The SMILES string of the molecule is CCc1nnc(N/N=C/c2cccc(Cl)c2Cl)n1N.Cl.Cl. The van der Waals surface area contributed by atoms with Crippen molar-refractivity contribution in [3.05, 3.63) is 39.6 Å². The molecule has 0 radical (unpaired) electrons. The van der Waals surface area contributed by atoms with Crippen molar-refractivity contribution in [3.63, 3.8) is 0 Å². The van der Waals surface area contributed by atoms with Gasteiger partial charge in [0.25, 0.3) is 5.95 Å². The van der Waals surface area contributed by atoms with Gasteiger partial charge in [-0.15, -0.1) is 35.0 Å². The summed E-state index contributed by atoms with van der Waals surface area (Å²) in [5.41, 5.74) is 3.39. The lowest BCUT2D eigenvalue weighted by Crippen LogP contribution is -2.14. The normalized spacial score (nSPS) is 10.0. The highest BCUT2D eigenvalue weighted by molar-refractivity contribution is 6.43. The molecule has 0 aliphatic rings. The molecule has 6 nitrogen and oxygen atoms in total. The topological polar surface area (TPSA) is 81.1 Å². The Labute approximate surface area is 144 Å². The number of aryl methyl sites for hydroxylation is 1. The van der Waals surface area contributed by atoms with E-state index in [4.69, 9.17) is 29.0 Å². The largest absolute Gasteiger partial charge is 0.335 e. The molecule has 2 aromatic rings. The summed E-state index contributed by atoms with van der Waals surface area (Å²) in [6.45, 7) is 1.94. The molecule has 0 saturated carbocycles. The van der Waals surface area contributed by atoms with E-state index in [-0.39, 0.29) is 24.8 Å². The van der Waals surface area contributed by atoms with Gasteiger partial charge in [-0.3, -0.25) is 0 Å². The van der Waals surface area contributed by atoms with E-state index in [0.29, 0.717) is 33.8 Å². The Hall–Kier alpha value is -1.21. The van der Waals surface area contributed by atoms with E-state index in [0.717, 1.165) is 0 Å². The first kappa shape index (κ1) is 19.8. The Bertz CT molecular complexity index is 613. The zero-order valence-corrected chi connectivity index (χ0v) is 14.1. The molecule has 0 unspecified atom stereocenters. The van der Waals surface area contributed by atoms with Crippen LogP contribution < -0.4 is 11.3 Å². The van der Waals surface area contributed by atoms with Crippen LogP contribution in [0.1, 0.15) is 18.3 Å². The number of benzene rings is 1. The van der Waals surface area contributed by atoms with E-state index >= 15 is 0 Å². The number of aromatic nitrogens is 3. The molecule has 1 heterocycles. The van der Waals surface area contributed by atoms with Crippen molar-refractivity contribution in [2.75, 3.05) is 11.3 Å². The van der Waals surface area contributed by atoms with Crippen molar-refractivity contribution >= 4 is 60.2 Å². The van der Waals surface area contributed by atoms with Crippen LogP contribution in [0.15, 0.2) is 23.3 Å². The lowest BCUT2D eigenvalue weighted by atomic mass is 10.2. The maximum atomic E-state index is 6.02. The van der Waals surface area contributed by atoms with Crippen LogP contribution in [0.25, 0.3) is 0 Å². The van der Waals surface area contributed by atoms with Crippen LogP contribution in [-0.2, 0) is 6.42 Å². The number of halogens is 4. The zero-order chi connectivity index (χ0) is 13.8. The van der Waals surface area contributed by atoms with E-state index in [1.54, 1.807) is 18.2 Å². The van der Waals surface area contributed by atoms with Crippen molar-refractivity contribution < 1.29 is 0 Å². The summed E-state index contributed by atoms with van der Waals surface area (Å²) >= 11 is 11.9. The van der Waals surface area contributed by atoms with Crippen molar-refractivity contribution in [3.8, 4) is 0 Å². The number of nitrogens with zero attached hydrogens (tertiary/aromatic N) is 4. The average molecular weight is 372 g/mol. The third-order valence-corrected chi connectivity index (χ3v) is 3.27. The average Bonchev–Trinajstić information content (AvgIpc) is 2.75. The lowest BCUT2D eigenvalue weighted by Gasteiger charge is -2.01. The first-order valence-electron chi connectivity index (χ1n) is 5.56. The van der Waals surface area contributed by atoms with E-state index in [1.165, 1.54) is 10.9 Å². The first-order valence-corrected chi connectivity index (χ1v) is 6.31. The van der Waals surface area contributed by atoms with Gasteiger partial charge in [0, 0.05) is 12.0 Å². The molecule has 1 aromatic carbocycles. The number of nitrogens with two attached hydrogens (primary N) is 1. The van der Waals surface area contributed by atoms with Gasteiger partial charge in [-0.05, 0) is 6.07 Å². The summed E-state index contributed by atoms with van der Waals surface area (Å²) in [6.07, 6.45) is 2.23. The molecule has 1 aromatic heterocycles. The fourth-order valence-corrected chi connectivity index (χ4v) is 1.78. The molecule has 10 heteroatoms. The zero-order valence-electron chi connectivity index (χ0n) is 11.0. The van der Waals surface area contributed by atoms with E-state index in [1.807, 2.05) is 6.92 Å². The van der Waals surface area contributed by atoms with Crippen molar-refractivity contribution in [2.45, 2.75) is 13.3 Å². The minimum atomic E-state index is 0. The highest BCUT2D eigenvalue weighted by Crippen LogP contribution is 2.24. The molecule has 0 amide bonds. The second-order valence-corrected chi connectivity index (χ2v) is 4.46. The minimum Gasteiger partial charge on any atom is -0.335 e. The Morgan fingerprint density at radius 3 is 2.67 bits per heavy atom. The maximum Gasteiger partial charge on any atom is 0.263 e. The molecule has 0 saturated heterocycles. The minimum absolute atomic E-state index is 0. The molecule has 0 bridgehead atoms. The summed E-state index contributed by atoms with van der Waals surface area (Å²) in [5.74, 6) is 6.77. The predicted molar refractivity (Wildman–Crippen MR) is 91.7 cm³/mol. The van der Waals surface area contributed by atoms with Gasteiger partial charge < -0.3 is 5.84 Å². The number of nitrogen functional groups attached to an aromatic ring is 1. The van der Waals surface area contributed by atoms with Crippen molar-refractivity contribution in [2.24, 2.45) is 5.10 Å². The quantitative estimate of drug-likeness (QED) is 0.491. The van der Waals surface area contributed by atoms with Crippen LogP contribution in [0.2, 0.25) is 10.0 Å². The monoisotopic (exact) mass is 370 g/mol. The first-order chi connectivity index (χ1) is 9.13. The predicted octanol–water partition coefficient (Wildman–Crippen LogP) is 3.15. The number of nitrogens with one attached hydrogen (secondary N) is 1. The number of hydrogen-bond acceptors (Lipinski definition) is 5. The summed E-state index contributed by atoms with van der Waals surface area (Å²) in [5, 5.41) is 12.7. The Morgan fingerprint density at radius 2 is 2.05 bits per heavy atom. The van der Waals surface area contributed by atoms with E-state index in [2.05, 4.69) is 20.7 Å². The van der Waals surface area contributed by atoms with Gasteiger partial charge in [-0.1, -0.05) is 42.3 Å². The lowest BCUT2D eigenvalue weighted by molar-refractivity contribution is 0.855. The van der Waals surface area contributed by atoms with Crippen molar-refractivity contribution in [1.82, 2.24) is 14.9 Å². The number of anilines is 1. The standard InChI is InChI=1S/C11H12Cl2N6.2ClH/c1-2-9-16-18-11(19(9)14)17-15-6-7-4-3-5-8(12)10(7)13;;/h3-6H,2,14H2,1H3,(H,17,18);2*1H/b15-6+;;. The summed E-state index contributed by atoms with van der Waals surface area (Å²) in [6, 6.07) is 5.29. The Morgan fingerprint density at radius 1 is 1.33 bits per heavy atom.